The number of piperidine rings is 1. The zero-order valence-electron chi connectivity index (χ0n) is 23.4. The predicted molar refractivity (Wildman–Crippen MR) is 157 cm³/mol. The van der Waals surface area contributed by atoms with Gasteiger partial charge in [-0.05, 0) is 85.8 Å². The van der Waals surface area contributed by atoms with Crippen molar-refractivity contribution in [3.05, 3.63) is 95.8 Å². The van der Waals surface area contributed by atoms with Crippen molar-refractivity contribution in [2.75, 3.05) is 25.0 Å². The van der Waals surface area contributed by atoms with Crippen molar-refractivity contribution < 1.29 is 18.0 Å². The van der Waals surface area contributed by atoms with Gasteiger partial charge in [0.25, 0.3) is 0 Å². The Balaban J connectivity index is 1.33. The Morgan fingerprint density at radius 3 is 2.24 bits per heavy atom. The van der Waals surface area contributed by atoms with E-state index in [-0.39, 0.29) is 11.9 Å². The van der Waals surface area contributed by atoms with E-state index in [2.05, 4.69) is 39.0 Å². The Kier molecular flexibility index (Phi) is 9.08. The SMILES string of the molecule is CN(c1ccncc1)c1ccc(CN(C(=O)C=Cc2ccc(C(F)(F)F)cc2)[C@H]2CCCN(C3CCCC3)C2)cc1. The second-order valence-electron chi connectivity index (χ2n) is 11.1. The first kappa shape index (κ1) is 28.9. The normalized spacial score (nSPS) is 18.6. The highest BCUT2D eigenvalue weighted by Gasteiger charge is 2.32. The zero-order valence-corrected chi connectivity index (χ0v) is 23.4. The average molecular weight is 563 g/mol. The van der Waals surface area contributed by atoms with Gasteiger partial charge in [-0.15, -0.1) is 0 Å². The van der Waals surface area contributed by atoms with Crippen molar-refractivity contribution in [3.63, 3.8) is 0 Å². The summed E-state index contributed by atoms with van der Waals surface area (Å²) in [6, 6.07) is 17.7. The van der Waals surface area contributed by atoms with Gasteiger partial charge in [-0.25, -0.2) is 0 Å². The first-order chi connectivity index (χ1) is 19.8. The fourth-order valence-corrected chi connectivity index (χ4v) is 6.01. The van der Waals surface area contributed by atoms with Crippen molar-refractivity contribution in [2.45, 2.75) is 63.3 Å². The van der Waals surface area contributed by atoms with Crippen LogP contribution in [0, 0.1) is 0 Å². The maximum absolute atomic E-state index is 13.7. The molecule has 8 heteroatoms. The number of carbonyl (C=O) groups excluding carboxylic acids is 1. The summed E-state index contributed by atoms with van der Waals surface area (Å²) in [5.41, 5.74) is 2.96. The third-order valence-electron chi connectivity index (χ3n) is 8.38. The van der Waals surface area contributed by atoms with Gasteiger partial charge in [0.05, 0.1) is 5.56 Å². The highest BCUT2D eigenvalue weighted by atomic mass is 19.4. The molecule has 2 aromatic carbocycles. The lowest BCUT2D eigenvalue weighted by molar-refractivity contribution is -0.137. The molecule has 1 amide bonds. The van der Waals surface area contributed by atoms with Gasteiger partial charge in [-0.2, -0.15) is 13.2 Å². The number of likely N-dealkylation sites (tertiary alicyclic amines) is 1. The molecule has 0 unspecified atom stereocenters. The quantitative estimate of drug-likeness (QED) is 0.270. The van der Waals surface area contributed by atoms with Gasteiger partial charge in [0.15, 0.2) is 0 Å². The van der Waals surface area contributed by atoms with E-state index in [1.807, 2.05) is 24.1 Å². The zero-order chi connectivity index (χ0) is 28.8. The molecule has 2 heterocycles. The van der Waals surface area contributed by atoms with Crippen LogP contribution in [0.2, 0.25) is 0 Å². The number of rotatable bonds is 8. The summed E-state index contributed by atoms with van der Waals surface area (Å²) in [7, 11) is 2.01. The van der Waals surface area contributed by atoms with Crippen LogP contribution in [0.15, 0.2) is 79.1 Å². The lowest BCUT2D eigenvalue weighted by Crippen LogP contribution is -2.51. The van der Waals surface area contributed by atoms with Crippen molar-refractivity contribution in [2.24, 2.45) is 0 Å². The summed E-state index contributed by atoms with van der Waals surface area (Å²) in [6.45, 7) is 2.40. The lowest BCUT2D eigenvalue weighted by atomic mass is 10.00. The number of aromatic nitrogens is 1. The van der Waals surface area contributed by atoms with Crippen molar-refractivity contribution in [1.82, 2.24) is 14.8 Å². The molecule has 216 valence electrons. The summed E-state index contributed by atoms with van der Waals surface area (Å²) in [5.74, 6) is -0.124. The van der Waals surface area contributed by atoms with Crippen LogP contribution in [0.1, 0.15) is 55.2 Å². The van der Waals surface area contributed by atoms with Crippen LogP contribution in [0.5, 0.6) is 0 Å². The minimum atomic E-state index is -4.39. The summed E-state index contributed by atoms with van der Waals surface area (Å²) in [6.07, 6.45) is 9.22. The van der Waals surface area contributed by atoms with Gasteiger partial charge in [0, 0.05) is 62.1 Å². The van der Waals surface area contributed by atoms with Crippen molar-refractivity contribution >= 4 is 23.4 Å². The third-order valence-corrected chi connectivity index (χ3v) is 8.38. The fraction of sp³-hybridized carbons (Fsp3) is 0.394. The van der Waals surface area contributed by atoms with Gasteiger partial charge < -0.3 is 9.80 Å². The topological polar surface area (TPSA) is 39.7 Å². The molecule has 2 aliphatic rings. The molecule has 5 nitrogen and oxygen atoms in total. The van der Waals surface area contributed by atoms with E-state index in [0.29, 0.717) is 18.2 Å². The van der Waals surface area contributed by atoms with Crippen molar-refractivity contribution in [3.8, 4) is 0 Å². The average Bonchev–Trinajstić information content (AvgIpc) is 3.54. The molecule has 1 saturated carbocycles. The first-order valence-electron chi connectivity index (χ1n) is 14.4. The molecule has 0 bridgehead atoms. The number of nitrogens with zero attached hydrogens (tertiary/aromatic N) is 4. The molecule has 41 heavy (non-hydrogen) atoms. The smallest absolute Gasteiger partial charge is 0.345 e. The molecule has 0 radical (unpaired) electrons. The molecule has 1 aliphatic heterocycles. The Hall–Kier alpha value is -3.65. The Morgan fingerprint density at radius 2 is 1.59 bits per heavy atom. The molecule has 1 aromatic heterocycles. The monoisotopic (exact) mass is 562 g/mol. The van der Waals surface area contributed by atoms with Gasteiger partial charge in [0.2, 0.25) is 5.91 Å². The third kappa shape index (κ3) is 7.36. The van der Waals surface area contributed by atoms with Crippen LogP contribution in [0.25, 0.3) is 6.08 Å². The van der Waals surface area contributed by atoms with Crippen LogP contribution in [0.3, 0.4) is 0 Å². The summed E-state index contributed by atoms with van der Waals surface area (Å²) >= 11 is 0. The standard InChI is InChI=1S/C33H37F3N4O/c1-38(29-18-20-37-21-19-29)28-15-10-26(11-16-28)23-40(31-7-4-22-39(24-31)30-5-2-3-6-30)32(41)17-12-25-8-13-27(14-9-25)33(34,35)36/h8-21,30-31H,2-7,22-24H2,1H3/t31-/m0/s1. The van der Waals surface area contributed by atoms with E-state index in [4.69, 9.17) is 0 Å². The number of carbonyl (C=O) groups is 1. The molecule has 0 spiro atoms. The van der Waals surface area contributed by atoms with Crippen LogP contribution in [-0.2, 0) is 17.5 Å². The number of amides is 1. The minimum Gasteiger partial charge on any atom is -0.345 e. The summed E-state index contributed by atoms with van der Waals surface area (Å²) < 4.78 is 38.9. The molecule has 1 atom stereocenters. The van der Waals surface area contributed by atoms with Crippen LogP contribution < -0.4 is 4.90 Å². The Labute approximate surface area is 240 Å². The number of hydrogen-bond donors (Lipinski definition) is 0. The van der Waals surface area contributed by atoms with Gasteiger partial charge in [-0.1, -0.05) is 37.1 Å². The maximum atomic E-state index is 13.7. The maximum Gasteiger partial charge on any atom is 0.416 e. The molecule has 2 fully saturated rings. The Morgan fingerprint density at radius 1 is 0.927 bits per heavy atom. The van der Waals surface area contributed by atoms with E-state index in [1.54, 1.807) is 18.5 Å². The van der Waals surface area contributed by atoms with Crippen LogP contribution >= 0.6 is 0 Å². The molecule has 3 aromatic rings. The Bertz CT molecular complexity index is 1300. The predicted octanol–water partition coefficient (Wildman–Crippen LogP) is 7.32. The second-order valence-corrected chi connectivity index (χ2v) is 11.1. The second kappa shape index (κ2) is 12.9. The number of hydrogen-bond acceptors (Lipinski definition) is 4. The van der Waals surface area contributed by atoms with E-state index in [0.717, 1.165) is 55.0 Å². The summed E-state index contributed by atoms with van der Waals surface area (Å²) in [5, 5.41) is 0. The van der Waals surface area contributed by atoms with E-state index >= 15 is 0 Å². The molecular weight excluding hydrogens is 525 g/mol. The van der Waals surface area contributed by atoms with E-state index < -0.39 is 11.7 Å². The number of pyridine rings is 1. The first-order valence-corrected chi connectivity index (χ1v) is 14.4. The van der Waals surface area contributed by atoms with E-state index in [9.17, 15) is 18.0 Å². The molecule has 0 N–H and O–H groups in total. The van der Waals surface area contributed by atoms with Gasteiger partial charge in [0.1, 0.15) is 0 Å². The van der Waals surface area contributed by atoms with Crippen LogP contribution in [-0.4, -0.2) is 52.9 Å². The number of benzene rings is 2. The largest absolute Gasteiger partial charge is 0.416 e. The lowest BCUT2D eigenvalue weighted by Gasteiger charge is -2.41. The molecule has 1 saturated heterocycles. The van der Waals surface area contributed by atoms with Gasteiger partial charge >= 0.3 is 6.18 Å². The van der Waals surface area contributed by atoms with E-state index in [1.165, 1.54) is 43.9 Å². The fourth-order valence-electron chi connectivity index (χ4n) is 6.01. The molecular formula is C33H37F3N4O. The van der Waals surface area contributed by atoms with Gasteiger partial charge in [-0.3, -0.25) is 14.7 Å². The number of halogens is 3. The molecule has 5 rings (SSSR count). The number of anilines is 2. The highest BCUT2D eigenvalue weighted by molar-refractivity contribution is 5.92. The number of alkyl halides is 3. The van der Waals surface area contributed by atoms with Crippen molar-refractivity contribution in [1.29, 1.82) is 0 Å². The minimum absolute atomic E-state index is 0.0771. The molecule has 1 aliphatic carbocycles. The highest BCUT2D eigenvalue weighted by Crippen LogP contribution is 2.30. The summed E-state index contributed by atoms with van der Waals surface area (Å²) in [4.78, 5) is 24.3. The van der Waals surface area contributed by atoms with Crippen LogP contribution in [0.4, 0.5) is 24.5 Å².